The molecule has 11 heteroatoms. The molecule has 0 radical (unpaired) electrons. The van der Waals surface area contributed by atoms with Crippen LogP contribution in [-0.4, -0.2) is 53.7 Å². The second-order valence-electron chi connectivity index (χ2n) is 10.2. The molecule has 2 aliphatic heterocycles. The fraction of sp³-hybridized carbons (Fsp3) is 0.273. The molecule has 0 aliphatic carbocycles. The van der Waals surface area contributed by atoms with Gasteiger partial charge >= 0.3 is 11.9 Å². The maximum Gasteiger partial charge on any atom is 0.350 e. The average molecular weight is 617 g/mol. The highest BCUT2D eigenvalue weighted by Gasteiger charge is 2.49. The number of thiazole rings is 1. The number of benzene rings is 2. The molecule has 44 heavy (non-hydrogen) atoms. The molecule has 3 heterocycles. The van der Waals surface area contributed by atoms with Gasteiger partial charge < -0.3 is 24.1 Å². The number of rotatable bonds is 11. The predicted molar refractivity (Wildman–Crippen MR) is 166 cm³/mol. The first-order valence-corrected chi connectivity index (χ1v) is 14.9. The van der Waals surface area contributed by atoms with Gasteiger partial charge in [-0.05, 0) is 62.2 Å². The van der Waals surface area contributed by atoms with Gasteiger partial charge in [0.2, 0.25) is 0 Å². The number of fused-ring (bicyclic) bond motifs is 1. The summed E-state index contributed by atoms with van der Waals surface area (Å²) in [5.74, 6) is -1.25. The van der Waals surface area contributed by atoms with Crippen LogP contribution in [0.5, 0.6) is 17.2 Å². The van der Waals surface area contributed by atoms with Crippen LogP contribution >= 0.6 is 11.3 Å². The lowest BCUT2D eigenvalue weighted by molar-refractivity contribution is -0.132. The van der Waals surface area contributed by atoms with Crippen LogP contribution in [0.25, 0.3) is 5.76 Å². The number of ether oxygens (including phenoxy) is 4. The number of esters is 1. The Balaban J connectivity index is 1.68. The number of carbonyl (C=O) groups excluding carboxylic acids is 3. The van der Waals surface area contributed by atoms with Crippen molar-refractivity contribution >= 4 is 39.9 Å². The number of ketones is 1. The molecule has 1 N–H and O–H groups in total. The highest BCUT2D eigenvalue weighted by atomic mass is 32.1. The van der Waals surface area contributed by atoms with Crippen LogP contribution in [0, 0.1) is 6.92 Å². The van der Waals surface area contributed by atoms with Crippen LogP contribution in [0.3, 0.4) is 0 Å². The monoisotopic (exact) mass is 616 g/mol. The van der Waals surface area contributed by atoms with Gasteiger partial charge in [0.25, 0.3) is 5.78 Å². The molecule has 1 amide bonds. The van der Waals surface area contributed by atoms with E-state index in [0.717, 1.165) is 16.9 Å². The summed E-state index contributed by atoms with van der Waals surface area (Å²) in [6.45, 7) is 13.2. The van der Waals surface area contributed by atoms with Crippen LogP contribution < -0.4 is 19.1 Å². The number of hydrogen-bond acceptors (Lipinski definition) is 10. The number of aromatic nitrogens is 1. The van der Waals surface area contributed by atoms with Gasteiger partial charge in [-0.3, -0.25) is 14.5 Å². The zero-order valence-corrected chi connectivity index (χ0v) is 25.4. The fourth-order valence-corrected chi connectivity index (χ4v) is 6.16. The standard InChI is InChI=1S/C33H32N2O8S/c1-6-13-41-24-12-9-20(17-25(24)40-8-3)27-26(28(36)21-10-11-23-22(16-21)15-18(4)43-23)29(37)31(38)35(27)33-34-19(5)30(44-33)32(39)42-14-7-2/h6-7,9-12,16-18,27,36H,1-2,8,13-15H2,3-5H3/t18-,27-/m0/s1. The molecule has 228 valence electrons. The van der Waals surface area contributed by atoms with E-state index in [1.807, 2.05) is 13.8 Å². The van der Waals surface area contributed by atoms with Gasteiger partial charge in [-0.15, -0.1) is 0 Å². The van der Waals surface area contributed by atoms with E-state index >= 15 is 0 Å². The van der Waals surface area contributed by atoms with Crippen molar-refractivity contribution in [2.45, 2.75) is 39.3 Å². The molecule has 2 atom stereocenters. The van der Waals surface area contributed by atoms with Crippen LogP contribution in [0.15, 0.2) is 67.3 Å². The molecule has 1 saturated heterocycles. The Hall–Kier alpha value is -4.90. The topological polar surface area (TPSA) is 124 Å². The first-order valence-electron chi connectivity index (χ1n) is 14.0. The van der Waals surface area contributed by atoms with E-state index in [9.17, 15) is 19.5 Å². The molecule has 10 nitrogen and oxygen atoms in total. The van der Waals surface area contributed by atoms with E-state index in [1.165, 1.54) is 11.0 Å². The Kier molecular flexibility index (Phi) is 8.86. The Morgan fingerprint density at radius 2 is 1.91 bits per heavy atom. The molecule has 0 spiro atoms. The van der Waals surface area contributed by atoms with Crippen LogP contribution in [0.1, 0.15) is 51.9 Å². The van der Waals surface area contributed by atoms with Gasteiger partial charge in [-0.1, -0.05) is 42.7 Å². The number of aliphatic hydroxyl groups excluding tert-OH is 1. The van der Waals surface area contributed by atoms with Crippen molar-refractivity contribution < 1.29 is 38.4 Å². The molecule has 0 saturated carbocycles. The predicted octanol–water partition coefficient (Wildman–Crippen LogP) is 5.71. The SMILES string of the molecule is C=CCOC(=O)c1sc(N2C(=O)C(=O)C(=C(O)c3ccc4c(c3)C[C@H](C)O4)[C@@H]2c2ccc(OCC=C)c(OCC)c2)nc1C. The summed E-state index contributed by atoms with van der Waals surface area (Å²) in [6, 6.07) is 9.07. The summed E-state index contributed by atoms with van der Waals surface area (Å²) in [5.41, 5.74) is 1.91. The number of aryl methyl sites for hydroxylation is 1. The van der Waals surface area contributed by atoms with E-state index in [4.69, 9.17) is 18.9 Å². The summed E-state index contributed by atoms with van der Waals surface area (Å²) in [5, 5.41) is 11.8. The molecular weight excluding hydrogens is 584 g/mol. The molecule has 0 bridgehead atoms. The highest BCUT2D eigenvalue weighted by molar-refractivity contribution is 7.17. The van der Waals surface area contributed by atoms with E-state index < -0.39 is 23.7 Å². The summed E-state index contributed by atoms with van der Waals surface area (Å²) < 4.78 is 22.6. The van der Waals surface area contributed by atoms with Crippen molar-refractivity contribution in [1.82, 2.24) is 4.98 Å². The third-order valence-corrected chi connectivity index (χ3v) is 8.20. The van der Waals surface area contributed by atoms with Crippen molar-refractivity contribution in [3.05, 3.63) is 94.5 Å². The molecule has 2 aromatic carbocycles. The van der Waals surface area contributed by atoms with E-state index in [2.05, 4.69) is 18.1 Å². The quantitative estimate of drug-likeness (QED) is 0.0949. The van der Waals surface area contributed by atoms with Crippen molar-refractivity contribution in [2.75, 3.05) is 24.7 Å². The number of hydrogen-bond donors (Lipinski definition) is 1. The maximum atomic E-state index is 13.7. The number of amides is 1. The minimum Gasteiger partial charge on any atom is -0.507 e. The van der Waals surface area contributed by atoms with Crippen LogP contribution in [0.2, 0.25) is 0 Å². The van der Waals surface area contributed by atoms with Gasteiger partial charge in [0.1, 0.15) is 35.7 Å². The van der Waals surface area contributed by atoms with E-state index in [1.54, 1.807) is 49.4 Å². The van der Waals surface area contributed by atoms with Gasteiger partial charge in [0.15, 0.2) is 16.6 Å². The number of carbonyl (C=O) groups is 3. The summed E-state index contributed by atoms with van der Waals surface area (Å²) in [4.78, 5) is 46.0. The number of nitrogens with zero attached hydrogens (tertiary/aromatic N) is 2. The lowest BCUT2D eigenvalue weighted by Crippen LogP contribution is -2.29. The van der Waals surface area contributed by atoms with Gasteiger partial charge in [0.05, 0.1) is 23.9 Å². The third-order valence-electron chi connectivity index (χ3n) is 7.06. The molecular formula is C33H32N2O8S. The fourth-order valence-electron chi connectivity index (χ4n) is 5.18. The zero-order valence-electron chi connectivity index (χ0n) is 24.6. The van der Waals surface area contributed by atoms with Crippen molar-refractivity contribution in [1.29, 1.82) is 0 Å². The van der Waals surface area contributed by atoms with Gasteiger partial charge in [-0.2, -0.15) is 0 Å². The van der Waals surface area contributed by atoms with E-state index in [-0.39, 0.29) is 40.7 Å². The number of aliphatic hydroxyl groups is 1. The first kappa shape index (κ1) is 30.6. The normalized spacial score (nSPS) is 18.5. The van der Waals surface area contributed by atoms with Crippen LogP contribution in [0.4, 0.5) is 5.13 Å². The number of Topliss-reactive ketones (excluding diaryl/α,β-unsaturated/α-hetero) is 1. The zero-order chi connectivity index (χ0) is 31.5. The molecule has 1 aromatic heterocycles. The van der Waals surface area contributed by atoms with Crippen molar-refractivity contribution in [3.8, 4) is 17.2 Å². The highest BCUT2D eigenvalue weighted by Crippen LogP contribution is 2.46. The van der Waals surface area contributed by atoms with Crippen molar-refractivity contribution in [2.24, 2.45) is 0 Å². The Morgan fingerprint density at radius 1 is 1.14 bits per heavy atom. The molecule has 1 fully saturated rings. The van der Waals surface area contributed by atoms with Crippen LogP contribution in [-0.2, 0) is 20.7 Å². The second kappa shape index (κ2) is 12.8. The smallest absolute Gasteiger partial charge is 0.350 e. The Morgan fingerprint density at radius 3 is 2.64 bits per heavy atom. The second-order valence-corrected chi connectivity index (χ2v) is 11.1. The molecule has 0 unspecified atom stereocenters. The lowest BCUT2D eigenvalue weighted by Gasteiger charge is -2.24. The van der Waals surface area contributed by atoms with Gasteiger partial charge in [-0.25, -0.2) is 9.78 Å². The average Bonchev–Trinajstić information content (AvgIpc) is 3.66. The number of anilines is 1. The molecule has 2 aliphatic rings. The molecule has 3 aromatic rings. The first-order chi connectivity index (χ1) is 21.2. The minimum atomic E-state index is -1.10. The Bertz CT molecular complexity index is 1690. The lowest BCUT2D eigenvalue weighted by atomic mass is 9.94. The summed E-state index contributed by atoms with van der Waals surface area (Å²) >= 11 is 0.919. The largest absolute Gasteiger partial charge is 0.507 e. The third kappa shape index (κ3) is 5.70. The van der Waals surface area contributed by atoms with E-state index in [0.29, 0.717) is 47.1 Å². The minimum absolute atomic E-state index is 0.00109. The summed E-state index contributed by atoms with van der Waals surface area (Å²) in [7, 11) is 0. The Labute approximate surface area is 258 Å². The molecule has 5 rings (SSSR count). The van der Waals surface area contributed by atoms with Gasteiger partial charge in [0, 0.05) is 12.0 Å². The summed E-state index contributed by atoms with van der Waals surface area (Å²) in [6.07, 6.45) is 3.66. The van der Waals surface area contributed by atoms with Crippen molar-refractivity contribution in [3.63, 3.8) is 0 Å². The maximum absolute atomic E-state index is 13.7.